The molecule has 0 bridgehead atoms. The van der Waals surface area contributed by atoms with Crippen molar-refractivity contribution in [2.45, 2.75) is 38.1 Å². The molecule has 3 heteroatoms. The summed E-state index contributed by atoms with van der Waals surface area (Å²) in [5.41, 5.74) is 8.23. The van der Waals surface area contributed by atoms with Crippen molar-refractivity contribution in [2.75, 3.05) is 25.5 Å². The molecule has 1 saturated heterocycles. The summed E-state index contributed by atoms with van der Waals surface area (Å²) in [6, 6.07) is 8.17. The van der Waals surface area contributed by atoms with E-state index >= 15 is 0 Å². The van der Waals surface area contributed by atoms with E-state index < -0.39 is 0 Å². The van der Waals surface area contributed by atoms with Crippen molar-refractivity contribution in [3.63, 3.8) is 0 Å². The van der Waals surface area contributed by atoms with Gasteiger partial charge in [-0.15, -0.1) is 0 Å². The van der Waals surface area contributed by atoms with Crippen LogP contribution in [0.2, 0.25) is 0 Å². The lowest BCUT2D eigenvalue weighted by molar-refractivity contribution is 0.0454. The van der Waals surface area contributed by atoms with E-state index in [1.165, 1.54) is 5.56 Å². The van der Waals surface area contributed by atoms with Crippen molar-refractivity contribution in [1.82, 2.24) is 5.32 Å². The fourth-order valence-electron chi connectivity index (χ4n) is 2.43. The van der Waals surface area contributed by atoms with Gasteiger partial charge in [0.1, 0.15) is 0 Å². The topological polar surface area (TPSA) is 47.3 Å². The zero-order valence-corrected chi connectivity index (χ0v) is 11.2. The Morgan fingerprint density at radius 3 is 2.83 bits per heavy atom. The van der Waals surface area contributed by atoms with Crippen molar-refractivity contribution < 1.29 is 4.74 Å². The molecule has 0 atom stereocenters. The molecule has 2 rings (SSSR count). The van der Waals surface area contributed by atoms with Crippen molar-refractivity contribution in [3.05, 3.63) is 29.8 Å². The average Bonchev–Trinajstić information content (AvgIpc) is 2.36. The molecule has 0 saturated carbocycles. The van der Waals surface area contributed by atoms with Crippen LogP contribution in [0.5, 0.6) is 0 Å². The van der Waals surface area contributed by atoms with Crippen LogP contribution >= 0.6 is 0 Å². The highest BCUT2D eigenvalue weighted by Crippen LogP contribution is 2.19. The van der Waals surface area contributed by atoms with Crippen LogP contribution in [0.1, 0.15) is 31.7 Å². The molecule has 0 radical (unpaired) electrons. The van der Waals surface area contributed by atoms with Gasteiger partial charge in [-0.2, -0.15) is 0 Å². The third-order valence-electron chi connectivity index (χ3n) is 3.74. The molecule has 1 aliphatic heterocycles. The number of nitrogen functional groups attached to an aromatic ring is 1. The minimum Gasteiger partial charge on any atom is -0.399 e. The van der Waals surface area contributed by atoms with Crippen molar-refractivity contribution in [2.24, 2.45) is 0 Å². The maximum absolute atomic E-state index is 5.77. The van der Waals surface area contributed by atoms with Crippen LogP contribution in [-0.4, -0.2) is 25.3 Å². The Labute approximate surface area is 110 Å². The van der Waals surface area contributed by atoms with Gasteiger partial charge in [0.25, 0.3) is 0 Å². The minimum atomic E-state index is 0.272. The van der Waals surface area contributed by atoms with E-state index in [-0.39, 0.29) is 5.54 Å². The number of hydrogen-bond acceptors (Lipinski definition) is 3. The van der Waals surface area contributed by atoms with Crippen LogP contribution in [0.3, 0.4) is 0 Å². The Balaban J connectivity index is 1.69. The number of rotatable bonds is 5. The van der Waals surface area contributed by atoms with E-state index in [1.54, 1.807) is 0 Å². The second-order valence-corrected chi connectivity index (χ2v) is 5.45. The van der Waals surface area contributed by atoms with Gasteiger partial charge in [-0.3, -0.25) is 0 Å². The summed E-state index contributed by atoms with van der Waals surface area (Å²) >= 11 is 0. The fourth-order valence-corrected chi connectivity index (χ4v) is 2.43. The lowest BCUT2D eigenvalue weighted by Gasteiger charge is -2.34. The molecular weight excluding hydrogens is 224 g/mol. The maximum atomic E-state index is 5.77. The molecule has 3 N–H and O–H groups in total. The van der Waals surface area contributed by atoms with Crippen LogP contribution in [0.25, 0.3) is 0 Å². The molecule has 1 fully saturated rings. The second-order valence-electron chi connectivity index (χ2n) is 5.45. The number of hydrogen-bond donors (Lipinski definition) is 2. The van der Waals surface area contributed by atoms with Gasteiger partial charge in [0.2, 0.25) is 0 Å². The largest absolute Gasteiger partial charge is 0.399 e. The Morgan fingerprint density at radius 2 is 2.11 bits per heavy atom. The molecule has 0 unspecified atom stereocenters. The lowest BCUT2D eigenvalue weighted by atomic mass is 9.92. The first-order valence-electron chi connectivity index (χ1n) is 6.85. The molecule has 0 spiro atoms. The first-order chi connectivity index (χ1) is 8.68. The average molecular weight is 248 g/mol. The fraction of sp³-hybridized carbons (Fsp3) is 0.600. The third kappa shape index (κ3) is 4.00. The highest BCUT2D eigenvalue weighted by atomic mass is 16.5. The van der Waals surface area contributed by atoms with Gasteiger partial charge < -0.3 is 15.8 Å². The van der Waals surface area contributed by atoms with Gasteiger partial charge in [-0.05, 0) is 56.8 Å². The molecular formula is C15H24N2O. The van der Waals surface area contributed by atoms with E-state index in [9.17, 15) is 0 Å². The Kier molecular flexibility index (Phi) is 4.61. The quantitative estimate of drug-likeness (QED) is 0.621. The van der Waals surface area contributed by atoms with E-state index in [0.29, 0.717) is 0 Å². The molecule has 3 nitrogen and oxygen atoms in total. The van der Waals surface area contributed by atoms with Gasteiger partial charge in [0, 0.05) is 24.4 Å². The summed E-state index contributed by atoms with van der Waals surface area (Å²) in [6.07, 6.45) is 4.47. The van der Waals surface area contributed by atoms with Crippen LogP contribution in [0.15, 0.2) is 24.3 Å². The van der Waals surface area contributed by atoms with Gasteiger partial charge >= 0.3 is 0 Å². The number of nitrogens with two attached hydrogens (primary N) is 1. The van der Waals surface area contributed by atoms with Gasteiger partial charge in [-0.1, -0.05) is 12.1 Å². The summed E-state index contributed by atoms with van der Waals surface area (Å²) in [7, 11) is 0. The third-order valence-corrected chi connectivity index (χ3v) is 3.74. The minimum absolute atomic E-state index is 0.272. The summed E-state index contributed by atoms with van der Waals surface area (Å²) < 4.78 is 5.40. The predicted molar refractivity (Wildman–Crippen MR) is 75.6 cm³/mol. The number of anilines is 1. The van der Waals surface area contributed by atoms with Crippen LogP contribution < -0.4 is 11.1 Å². The van der Waals surface area contributed by atoms with Crippen LogP contribution in [0.4, 0.5) is 5.69 Å². The molecule has 0 aromatic heterocycles. The highest BCUT2D eigenvalue weighted by Gasteiger charge is 2.25. The molecule has 1 aliphatic rings. The van der Waals surface area contributed by atoms with Gasteiger partial charge in [0.05, 0.1) is 0 Å². The summed E-state index contributed by atoms with van der Waals surface area (Å²) in [6.45, 7) is 5.14. The number of benzene rings is 1. The van der Waals surface area contributed by atoms with Crippen molar-refractivity contribution in [1.29, 1.82) is 0 Å². The van der Waals surface area contributed by atoms with Crippen molar-refractivity contribution >= 4 is 5.69 Å². The first-order valence-corrected chi connectivity index (χ1v) is 6.85. The smallest absolute Gasteiger partial charge is 0.0483 e. The summed E-state index contributed by atoms with van der Waals surface area (Å²) in [4.78, 5) is 0. The molecule has 0 aliphatic carbocycles. The monoisotopic (exact) mass is 248 g/mol. The molecule has 1 aromatic rings. The number of ether oxygens (including phenoxy) is 1. The van der Waals surface area contributed by atoms with Gasteiger partial charge in [-0.25, -0.2) is 0 Å². The molecule has 1 aromatic carbocycles. The molecule has 1 heterocycles. The van der Waals surface area contributed by atoms with Crippen LogP contribution in [0, 0.1) is 0 Å². The van der Waals surface area contributed by atoms with E-state index in [2.05, 4.69) is 24.4 Å². The molecule has 18 heavy (non-hydrogen) atoms. The predicted octanol–water partition coefficient (Wildman–Crippen LogP) is 2.36. The van der Waals surface area contributed by atoms with E-state index in [1.807, 2.05) is 12.1 Å². The highest BCUT2D eigenvalue weighted by molar-refractivity contribution is 5.40. The molecule has 100 valence electrons. The first kappa shape index (κ1) is 13.4. The Hall–Kier alpha value is -1.06. The lowest BCUT2D eigenvalue weighted by Crippen LogP contribution is -2.47. The standard InChI is InChI=1S/C15H24N2O/c1-15(7-10-18-11-8-15)17-9-3-5-13-4-2-6-14(16)12-13/h2,4,6,12,17H,3,5,7-11,16H2,1H3. The van der Waals surface area contributed by atoms with Gasteiger partial charge in [0.15, 0.2) is 0 Å². The van der Waals surface area contributed by atoms with E-state index in [0.717, 1.165) is 51.1 Å². The SMILES string of the molecule is CC1(NCCCc2cccc(N)c2)CCOCC1. The van der Waals surface area contributed by atoms with E-state index in [4.69, 9.17) is 10.5 Å². The Morgan fingerprint density at radius 1 is 1.33 bits per heavy atom. The van der Waals surface area contributed by atoms with Crippen molar-refractivity contribution in [3.8, 4) is 0 Å². The number of aryl methyl sites for hydroxylation is 1. The summed E-state index contributed by atoms with van der Waals surface area (Å²) in [5, 5.41) is 3.67. The van der Waals surface area contributed by atoms with Crippen LogP contribution in [-0.2, 0) is 11.2 Å². The normalized spacial score (nSPS) is 18.7. The number of nitrogens with one attached hydrogen (secondary N) is 1. The second kappa shape index (κ2) is 6.21. The molecule has 0 amide bonds. The zero-order valence-electron chi connectivity index (χ0n) is 11.2. The Bertz CT molecular complexity index is 373. The summed E-state index contributed by atoms with van der Waals surface area (Å²) in [5.74, 6) is 0. The zero-order chi connectivity index (χ0) is 12.8. The maximum Gasteiger partial charge on any atom is 0.0483 e.